The minimum Gasteiger partial charge on any atom is -0.494 e. The fourth-order valence-corrected chi connectivity index (χ4v) is 3.25. The van der Waals surface area contributed by atoms with E-state index < -0.39 is 17.5 Å². The van der Waals surface area contributed by atoms with Gasteiger partial charge in [0.05, 0.1) is 22.5 Å². The summed E-state index contributed by atoms with van der Waals surface area (Å²) >= 11 is 0. The predicted octanol–water partition coefficient (Wildman–Crippen LogP) is 4.27. The number of nitrogens with zero attached hydrogens (tertiary/aromatic N) is 1. The molecule has 1 aromatic heterocycles. The minimum atomic E-state index is -0.561. The molecule has 0 saturated heterocycles. The zero-order valence-electron chi connectivity index (χ0n) is 14.0. The van der Waals surface area contributed by atoms with Gasteiger partial charge in [-0.1, -0.05) is 12.1 Å². The number of aromatic hydroxyl groups is 1. The molecule has 0 saturated carbocycles. The maximum absolute atomic E-state index is 13.7. The normalized spacial score (nSPS) is 13.1. The minimum absolute atomic E-state index is 0.162. The molecule has 0 atom stereocenters. The molecule has 1 amide bonds. The highest BCUT2D eigenvalue weighted by atomic mass is 19.1. The van der Waals surface area contributed by atoms with Crippen molar-refractivity contribution in [3.63, 3.8) is 0 Å². The van der Waals surface area contributed by atoms with Crippen LogP contribution in [0.1, 0.15) is 32.6 Å². The first-order valence-corrected chi connectivity index (χ1v) is 7.98. The summed E-state index contributed by atoms with van der Waals surface area (Å²) in [6.45, 7) is 3.54. The van der Waals surface area contributed by atoms with Crippen LogP contribution in [-0.4, -0.2) is 21.7 Å². The average Bonchev–Trinajstić information content (AvgIpc) is 3.11. The van der Waals surface area contributed by atoms with E-state index >= 15 is 0 Å². The summed E-state index contributed by atoms with van der Waals surface area (Å²) < 4.78 is 27.4. The number of rotatable bonds is 2. The number of hydrogen-bond acceptors (Lipinski definition) is 2. The number of amides is 1. The SMILES string of the molecule is Cc1ccc(F)cc1C1=NC(=O)c2c(-c3cc(F)ccc3C)[nH]c(O)c21. The predicted molar refractivity (Wildman–Crippen MR) is 93.7 cm³/mol. The van der Waals surface area contributed by atoms with Crippen molar-refractivity contribution in [3.05, 3.63) is 75.8 Å². The molecule has 0 radical (unpaired) electrons. The van der Waals surface area contributed by atoms with Crippen LogP contribution < -0.4 is 0 Å². The van der Waals surface area contributed by atoms with E-state index in [4.69, 9.17) is 0 Å². The van der Waals surface area contributed by atoms with Crippen LogP contribution in [-0.2, 0) is 0 Å². The molecule has 2 aromatic carbocycles. The zero-order valence-corrected chi connectivity index (χ0v) is 14.0. The molecule has 0 spiro atoms. The van der Waals surface area contributed by atoms with Crippen molar-refractivity contribution in [3.8, 4) is 17.1 Å². The smallest absolute Gasteiger partial charge is 0.280 e. The standard InChI is InChI=1S/C20H14F2N2O2/c1-9-3-5-11(21)7-13(9)17-15-16(20(26)23-17)18(24-19(15)25)14-8-12(22)6-4-10(14)2/h3-8,23,26H,1-2H3. The third kappa shape index (κ3) is 2.34. The van der Waals surface area contributed by atoms with Gasteiger partial charge in [0.2, 0.25) is 0 Å². The lowest BCUT2D eigenvalue weighted by atomic mass is 9.96. The number of carbonyl (C=O) groups excluding carboxylic acids is 1. The number of nitrogens with one attached hydrogen (secondary N) is 1. The molecule has 0 aliphatic carbocycles. The van der Waals surface area contributed by atoms with Crippen LogP contribution in [0.3, 0.4) is 0 Å². The van der Waals surface area contributed by atoms with Crippen molar-refractivity contribution < 1.29 is 18.7 Å². The fraction of sp³-hybridized carbons (Fsp3) is 0.100. The van der Waals surface area contributed by atoms with Crippen LogP contribution in [0.5, 0.6) is 5.88 Å². The molecule has 6 heteroatoms. The Balaban J connectivity index is 1.95. The summed E-state index contributed by atoms with van der Waals surface area (Å²) in [5.41, 5.74) is 3.21. The monoisotopic (exact) mass is 352 g/mol. The van der Waals surface area contributed by atoms with Crippen molar-refractivity contribution in [2.75, 3.05) is 0 Å². The van der Waals surface area contributed by atoms with Crippen LogP contribution in [0, 0.1) is 25.5 Å². The first kappa shape index (κ1) is 16.2. The van der Waals surface area contributed by atoms with Gasteiger partial charge in [-0.25, -0.2) is 13.8 Å². The fourth-order valence-electron chi connectivity index (χ4n) is 3.25. The first-order valence-electron chi connectivity index (χ1n) is 7.98. The Morgan fingerprint density at radius 1 is 0.923 bits per heavy atom. The summed E-state index contributed by atoms with van der Waals surface area (Å²) in [6.07, 6.45) is 0. The van der Waals surface area contributed by atoms with Crippen LogP contribution >= 0.6 is 0 Å². The molecule has 4 rings (SSSR count). The molecular weight excluding hydrogens is 338 g/mol. The Kier molecular flexibility index (Phi) is 3.50. The lowest BCUT2D eigenvalue weighted by Gasteiger charge is -2.06. The summed E-state index contributed by atoms with van der Waals surface area (Å²) in [6, 6.07) is 8.37. The largest absolute Gasteiger partial charge is 0.494 e. The van der Waals surface area contributed by atoms with Gasteiger partial charge in [0, 0.05) is 11.1 Å². The Hall–Kier alpha value is -3.28. The third-order valence-electron chi connectivity index (χ3n) is 4.57. The molecule has 1 aliphatic heterocycles. The van der Waals surface area contributed by atoms with E-state index in [1.54, 1.807) is 26.0 Å². The summed E-state index contributed by atoms with van der Waals surface area (Å²) in [5.74, 6) is -1.74. The highest BCUT2D eigenvalue weighted by Crippen LogP contribution is 2.39. The third-order valence-corrected chi connectivity index (χ3v) is 4.57. The first-order chi connectivity index (χ1) is 12.4. The van der Waals surface area contributed by atoms with Gasteiger partial charge in [-0.05, 0) is 49.2 Å². The second-order valence-corrected chi connectivity index (χ2v) is 6.28. The molecule has 2 N–H and O–H groups in total. The molecular formula is C20H14F2N2O2. The second kappa shape index (κ2) is 5.62. The number of aryl methyl sites for hydroxylation is 2. The van der Waals surface area contributed by atoms with E-state index in [0.717, 1.165) is 11.1 Å². The van der Waals surface area contributed by atoms with Crippen molar-refractivity contribution >= 4 is 11.6 Å². The van der Waals surface area contributed by atoms with E-state index in [0.29, 0.717) is 16.8 Å². The van der Waals surface area contributed by atoms with E-state index in [-0.39, 0.29) is 22.7 Å². The van der Waals surface area contributed by atoms with Crippen molar-refractivity contribution in [1.82, 2.24) is 4.98 Å². The Morgan fingerprint density at radius 2 is 1.50 bits per heavy atom. The summed E-state index contributed by atoms with van der Waals surface area (Å²) in [7, 11) is 0. The van der Waals surface area contributed by atoms with Crippen LogP contribution in [0.2, 0.25) is 0 Å². The molecule has 1 aliphatic rings. The number of halogens is 2. The molecule has 4 nitrogen and oxygen atoms in total. The summed E-state index contributed by atoms with van der Waals surface area (Å²) in [5, 5.41) is 10.4. The van der Waals surface area contributed by atoms with Gasteiger partial charge in [0.1, 0.15) is 11.6 Å². The van der Waals surface area contributed by atoms with Gasteiger partial charge in [-0.3, -0.25) is 4.79 Å². The lowest BCUT2D eigenvalue weighted by Crippen LogP contribution is -2.03. The van der Waals surface area contributed by atoms with E-state index in [9.17, 15) is 18.7 Å². The molecule has 0 bridgehead atoms. The highest BCUT2D eigenvalue weighted by molar-refractivity contribution is 6.30. The maximum atomic E-state index is 13.7. The summed E-state index contributed by atoms with van der Waals surface area (Å²) in [4.78, 5) is 19.3. The Labute approximate surface area is 147 Å². The number of carbonyl (C=O) groups is 1. The molecule has 3 aromatic rings. The van der Waals surface area contributed by atoms with E-state index in [1.807, 2.05) is 0 Å². The van der Waals surface area contributed by atoms with Gasteiger partial charge in [0.15, 0.2) is 5.88 Å². The lowest BCUT2D eigenvalue weighted by molar-refractivity contribution is 0.101. The average molecular weight is 352 g/mol. The quantitative estimate of drug-likeness (QED) is 0.723. The molecule has 26 heavy (non-hydrogen) atoms. The number of aromatic nitrogens is 1. The van der Waals surface area contributed by atoms with Gasteiger partial charge in [0.25, 0.3) is 5.91 Å². The van der Waals surface area contributed by atoms with Crippen LogP contribution in [0.15, 0.2) is 41.4 Å². The number of benzene rings is 2. The van der Waals surface area contributed by atoms with E-state index in [2.05, 4.69) is 9.98 Å². The van der Waals surface area contributed by atoms with Crippen LogP contribution in [0.4, 0.5) is 8.78 Å². The number of H-pyrrole nitrogens is 1. The molecule has 0 fully saturated rings. The number of fused-ring (bicyclic) bond motifs is 1. The van der Waals surface area contributed by atoms with Gasteiger partial charge >= 0.3 is 0 Å². The van der Waals surface area contributed by atoms with Crippen molar-refractivity contribution in [1.29, 1.82) is 0 Å². The second-order valence-electron chi connectivity index (χ2n) is 6.28. The maximum Gasteiger partial charge on any atom is 0.280 e. The highest BCUT2D eigenvalue weighted by Gasteiger charge is 2.34. The Bertz CT molecular complexity index is 1110. The topological polar surface area (TPSA) is 65.5 Å². The van der Waals surface area contributed by atoms with E-state index in [1.165, 1.54) is 24.3 Å². The van der Waals surface area contributed by atoms with Crippen molar-refractivity contribution in [2.45, 2.75) is 13.8 Å². The van der Waals surface area contributed by atoms with Gasteiger partial charge in [-0.15, -0.1) is 0 Å². The molecule has 0 unspecified atom stereocenters. The van der Waals surface area contributed by atoms with Crippen molar-refractivity contribution in [2.24, 2.45) is 4.99 Å². The zero-order chi connectivity index (χ0) is 18.6. The van der Waals surface area contributed by atoms with Gasteiger partial charge in [-0.2, -0.15) is 0 Å². The molecule has 2 heterocycles. The van der Waals surface area contributed by atoms with Crippen LogP contribution in [0.25, 0.3) is 11.3 Å². The molecule has 130 valence electrons. The Morgan fingerprint density at radius 3 is 2.15 bits per heavy atom. The number of aliphatic imine (C=N–C) groups is 1. The van der Waals surface area contributed by atoms with Gasteiger partial charge < -0.3 is 10.1 Å². The number of aromatic amines is 1. The number of hydrogen-bond donors (Lipinski definition) is 2.